The van der Waals surface area contributed by atoms with E-state index >= 15 is 0 Å². The van der Waals surface area contributed by atoms with Gasteiger partial charge in [-0.05, 0) is 12.1 Å². The topological polar surface area (TPSA) is 48.7 Å². The molecule has 4 heteroatoms. The molecule has 0 saturated heterocycles. The van der Waals surface area contributed by atoms with E-state index in [1.165, 1.54) is 20.5 Å². The summed E-state index contributed by atoms with van der Waals surface area (Å²) >= 11 is 0. The van der Waals surface area contributed by atoms with E-state index in [0.717, 1.165) is 0 Å². The molecule has 0 aliphatic rings. The van der Waals surface area contributed by atoms with Crippen molar-refractivity contribution in [1.82, 2.24) is 0 Å². The third kappa shape index (κ3) is 2.68. The first-order valence-electron chi connectivity index (χ1n) is 3.88. The molecular formula is C9H12O4. The smallest absolute Gasteiger partial charge is 0.217 e. The van der Waals surface area contributed by atoms with Gasteiger partial charge in [0.25, 0.3) is 0 Å². The highest BCUT2D eigenvalue weighted by Crippen LogP contribution is 2.04. The number of Topliss-reactive ketones (excluding diaryl/α,β-unsaturated/α-hetero) is 1. The quantitative estimate of drug-likeness (QED) is 0.641. The van der Waals surface area contributed by atoms with Gasteiger partial charge in [0, 0.05) is 14.2 Å². The summed E-state index contributed by atoms with van der Waals surface area (Å²) in [5.74, 6) is 0.462. The summed E-state index contributed by atoms with van der Waals surface area (Å²) in [5, 5.41) is 0. The number of ether oxygens (including phenoxy) is 2. The van der Waals surface area contributed by atoms with Gasteiger partial charge in [0.05, 0.1) is 12.7 Å². The lowest BCUT2D eigenvalue weighted by molar-refractivity contribution is -0.156. The lowest BCUT2D eigenvalue weighted by atomic mass is 10.2. The number of methoxy groups -OCH3 is 2. The Hall–Kier alpha value is -1.13. The van der Waals surface area contributed by atoms with Crippen LogP contribution in [0, 0.1) is 0 Å². The molecule has 1 rings (SSSR count). The van der Waals surface area contributed by atoms with Gasteiger partial charge in [0.2, 0.25) is 6.29 Å². The summed E-state index contributed by atoms with van der Waals surface area (Å²) in [6.45, 7) is 0. The second-order valence-corrected chi connectivity index (χ2v) is 2.53. The number of hydrogen-bond acceptors (Lipinski definition) is 4. The molecule has 0 N–H and O–H groups in total. The van der Waals surface area contributed by atoms with Crippen LogP contribution in [0.15, 0.2) is 22.8 Å². The number of carbonyl (C=O) groups excluding carboxylic acids is 1. The van der Waals surface area contributed by atoms with E-state index in [9.17, 15) is 4.79 Å². The maximum Gasteiger partial charge on any atom is 0.217 e. The first-order valence-corrected chi connectivity index (χ1v) is 3.88. The highest BCUT2D eigenvalue weighted by Gasteiger charge is 2.17. The Kier molecular flexibility index (Phi) is 3.67. The SMILES string of the molecule is COC(OC)C(=O)Cc1ccco1. The lowest BCUT2D eigenvalue weighted by Crippen LogP contribution is -2.26. The Labute approximate surface area is 76.4 Å². The van der Waals surface area contributed by atoms with E-state index in [1.807, 2.05) is 0 Å². The van der Waals surface area contributed by atoms with E-state index in [2.05, 4.69) is 0 Å². The van der Waals surface area contributed by atoms with Crippen molar-refractivity contribution in [2.24, 2.45) is 0 Å². The molecular weight excluding hydrogens is 172 g/mol. The minimum Gasteiger partial charge on any atom is -0.469 e. The van der Waals surface area contributed by atoms with Crippen LogP contribution in [0.5, 0.6) is 0 Å². The molecule has 1 aromatic rings. The molecule has 4 nitrogen and oxygen atoms in total. The molecule has 0 radical (unpaired) electrons. The van der Waals surface area contributed by atoms with Gasteiger partial charge in [-0.25, -0.2) is 0 Å². The molecule has 0 amide bonds. The van der Waals surface area contributed by atoms with Crippen LogP contribution in [0.1, 0.15) is 5.76 Å². The second-order valence-electron chi connectivity index (χ2n) is 2.53. The predicted molar refractivity (Wildman–Crippen MR) is 45.2 cm³/mol. The first-order chi connectivity index (χ1) is 6.27. The fourth-order valence-corrected chi connectivity index (χ4v) is 1.03. The molecule has 0 aliphatic carbocycles. The van der Waals surface area contributed by atoms with Gasteiger partial charge in [-0.2, -0.15) is 0 Å². The van der Waals surface area contributed by atoms with Crippen molar-refractivity contribution < 1.29 is 18.7 Å². The molecule has 0 atom stereocenters. The van der Waals surface area contributed by atoms with E-state index < -0.39 is 6.29 Å². The Morgan fingerprint density at radius 2 is 2.23 bits per heavy atom. The number of carbonyl (C=O) groups is 1. The molecule has 1 heterocycles. The van der Waals surface area contributed by atoms with Gasteiger partial charge in [0.1, 0.15) is 5.76 Å². The highest BCUT2D eigenvalue weighted by molar-refractivity contribution is 5.83. The summed E-state index contributed by atoms with van der Waals surface area (Å²) < 4.78 is 14.6. The third-order valence-corrected chi connectivity index (χ3v) is 1.62. The average molecular weight is 184 g/mol. The zero-order chi connectivity index (χ0) is 9.68. The standard InChI is InChI=1S/C9H12O4/c1-11-9(12-2)8(10)6-7-4-3-5-13-7/h3-5,9H,6H2,1-2H3. The van der Waals surface area contributed by atoms with Crippen LogP contribution in [0.2, 0.25) is 0 Å². The van der Waals surface area contributed by atoms with E-state index in [0.29, 0.717) is 5.76 Å². The number of ketones is 1. The van der Waals surface area contributed by atoms with Crippen molar-refractivity contribution in [3.63, 3.8) is 0 Å². The summed E-state index contributed by atoms with van der Waals surface area (Å²) in [6.07, 6.45) is 0.918. The summed E-state index contributed by atoms with van der Waals surface area (Å²) in [4.78, 5) is 11.4. The van der Waals surface area contributed by atoms with Gasteiger partial charge in [-0.1, -0.05) is 0 Å². The van der Waals surface area contributed by atoms with Crippen molar-refractivity contribution in [1.29, 1.82) is 0 Å². The van der Waals surface area contributed by atoms with Gasteiger partial charge in [-0.3, -0.25) is 4.79 Å². The second kappa shape index (κ2) is 4.79. The summed E-state index contributed by atoms with van der Waals surface area (Å²) in [6, 6.07) is 3.47. The molecule has 0 aliphatic heterocycles. The van der Waals surface area contributed by atoms with Crippen LogP contribution < -0.4 is 0 Å². The molecule has 0 saturated carbocycles. The van der Waals surface area contributed by atoms with E-state index in [-0.39, 0.29) is 12.2 Å². The van der Waals surface area contributed by atoms with Gasteiger partial charge >= 0.3 is 0 Å². The van der Waals surface area contributed by atoms with Crippen LogP contribution in [-0.2, 0) is 20.7 Å². The molecule has 13 heavy (non-hydrogen) atoms. The van der Waals surface area contributed by atoms with E-state index in [4.69, 9.17) is 13.9 Å². The van der Waals surface area contributed by atoms with Crippen LogP contribution in [0.3, 0.4) is 0 Å². The number of furan rings is 1. The molecule has 0 unspecified atom stereocenters. The Morgan fingerprint density at radius 3 is 2.69 bits per heavy atom. The normalized spacial score (nSPS) is 10.7. The van der Waals surface area contributed by atoms with Crippen LogP contribution in [0.4, 0.5) is 0 Å². The zero-order valence-electron chi connectivity index (χ0n) is 7.65. The maximum atomic E-state index is 11.4. The fourth-order valence-electron chi connectivity index (χ4n) is 1.03. The zero-order valence-corrected chi connectivity index (χ0v) is 7.65. The molecule has 0 spiro atoms. The molecule has 1 aromatic heterocycles. The largest absolute Gasteiger partial charge is 0.469 e. The van der Waals surface area contributed by atoms with Crippen LogP contribution in [0.25, 0.3) is 0 Å². The van der Waals surface area contributed by atoms with Crippen molar-refractivity contribution >= 4 is 5.78 Å². The van der Waals surface area contributed by atoms with Gasteiger partial charge in [-0.15, -0.1) is 0 Å². The van der Waals surface area contributed by atoms with Crippen molar-refractivity contribution in [3.05, 3.63) is 24.2 Å². The molecule has 0 bridgehead atoms. The number of hydrogen-bond donors (Lipinski definition) is 0. The lowest BCUT2D eigenvalue weighted by Gasteiger charge is -2.10. The Morgan fingerprint density at radius 1 is 1.54 bits per heavy atom. The van der Waals surface area contributed by atoms with Gasteiger partial charge < -0.3 is 13.9 Å². The van der Waals surface area contributed by atoms with Crippen molar-refractivity contribution in [2.45, 2.75) is 12.7 Å². The molecule has 0 aromatic carbocycles. The maximum absolute atomic E-state index is 11.4. The van der Waals surface area contributed by atoms with E-state index in [1.54, 1.807) is 12.1 Å². The Bertz CT molecular complexity index is 249. The number of rotatable bonds is 5. The van der Waals surface area contributed by atoms with Gasteiger partial charge in [0.15, 0.2) is 5.78 Å². The molecule has 72 valence electrons. The fraction of sp³-hybridized carbons (Fsp3) is 0.444. The summed E-state index contributed by atoms with van der Waals surface area (Å²) in [7, 11) is 2.85. The van der Waals surface area contributed by atoms with Crippen molar-refractivity contribution in [3.8, 4) is 0 Å². The third-order valence-electron chi connectivity index (χ3n) is 1.62. The minimum atomic E-state index is -0.801. The predicted octanol–water partition coefficient (Wildman–Crippen LogP) is 1.01. The summed E-state index contributed by atoms with van der Waals surface area (Å²) in [5.41, 5.74) is 0. The highest BCUT2D eigenvalue weighted by atomic mass is 16.7. The van der Waals surface area contributed by atoms with Crippen LogP contribution >= 0.6 is 0 Å². The van der Waals surface area contributed by atoms with Crippen molar-refractivity contribution in [2.75, 3.05) is 14.2 Å². The molecule has 0 fully saturated rings. The van der Waals surface area contributed by atoms with Crippen LogP contribution in [-0.4, -0.2) is 26.3 Å². The average Bonchev–Trinajstić information content (AvgIpc) is 2.59. The minimum absolute atomic E-state index is 0.153. The Balaban J connectivity index is 2.49. The monoisotopic (exact) mass is 184 g/mol. The first kappa shape index (κ1) is 9.95.